The highest BCUT2D eigenvalue weighted by Crippen LogP contribution is 2.21. The zero-order valence-electron chi connectivity index (χ0n) is 9.24. The van der Waals surface area contributed by atoms with Crippen molar-refractivity contribution in [3.63, 3.8) is 0 Å². The number of aliphatic hydroxyl groups excluding tert-OH is 1. The molecule has 0 fully saturated rings. The lowest BCUT2D eigenvalue weighted by atomic mass is 10.1. The number of rotatable bonds is 2. The fraction of sp³-hybridized carbons (Fsp3) is 0.0714. The minimum Gasteiger partial charge on any atom is -0.392 e. The van der Waals surface area contributed by atoms with Gasteiger partial charge in [0.05, 0.1) is 30.3 Å². The maximum atomic E-state index is 9.02. The smallest absolute Gasteiger partial charge is 0.0997 e. The summed E-state index contributed by atoms with van der Waals surface area (Å²) in [6.45, 7) is 0.0789. The fourth-order valence-corrected chi connectivity index (χ4v) is 1.96. The molecule has 17 heavy (non-hydrogen) atoms. The molecule has 3 nitrogen and oxygen atoms in total. The van der Waals surface area contributed by atoms with Gasteiger partial charge in [-0.15, -0.1) is 0 Å². The molecule has 0 aliphatic carbocycles. The van der Waals surface area contributed by atoms with Crippen LogP contribution in [0.3, 0.4) is 0 Å². The second-order valence-electron chi connectivity index (χ2n) is 3.95. The van der Waals surface area contributed by atoms with Crippen molar-refractivity contribution in [3.05, 3.63) is 60.6 Å². The first kappa shape index (κ1) is 10.1. The molecule has 0 spiro atoms. The Hall–Kier alpha value is -2.13. The van der Waals surface area contributed by atoms with Crippen LogP contribution in [-0.2, 0) is 6.61 Å². The summed E-state index contributed by atoms with van der Waals surface area (Å²) < 4.78 is 2.05. The predicted octanol–water partition coefficient (Wildman–Crippen LogP) is 2.49. The molecule has 0 radical (unpaired) electrons. The summed E-state index contributed by atoms with van der Waals surface area (Å²) in [7, 11) is 0. The van der Waals surface area contributed by atoms with Gasteiger partial charge in [-0.25, -0.2) is 4.98 Å². The first-order chi connectivity index (χ1) is 8.38. The third-order valence-electron chi connectivity index (χ3n) is 2.88. The van der Waals surface area contributed by atoms with Gasteiger partial charge in [0.2, 0.25) is 0 Å². The van der Waals surface area contributed by atoms with Crippen LogP contribution in [-0.4, -0.2) is 14.5 Å². The third-order valence-corrected chi connectivity index (χ3v) is 2.88. The first-order valence-electron chi connectivity index (χ1n) is 5.50. The van der Waals surface area contributed by atoms with E-state index >= 15 is 0 Å². The number of hydrogen-bond donors (Lipinski definition) is 1. The first-order valence-corrected chi connectivity index (χ1v) is 5.50. The van der Waals surface area contributed by atoms with E-state index in [1.165, 1.54) is 0 Å². The summed E-state index contributed by atoms with van der Waals surface area (Å²) in [5.41, 5.74) is 4.22. The Morgan fingerprint density at radius 3 is 2.65 bits per heavy atom. The summed E-state index contributed by atoms with van der Waals surface area (Å²) in [6, 6.07) is 14.0. The number of hydrogen-bond acceptors (Lipinski definition) is 2. The predicted molar refractivity (Wildman–Crippen MR) is 66.6 cm³/mol. The maximum Gasteiger partial charge on any atom is 0.0997 e. The van der Waals surface area contributed by atoms with Crippen molar-refractivity contribution in [1.82, 2.24) is 9.38 Å². The van der Waals surface area contributed by atoms with Crippen LogP contribution in [0.15, 0.2) is 55.0 Å². The van der Waals surface area contributed by atoms with Crippen LogP contribution in [0.25, 0.3) is 16.8 Å². The zero-order valence-corrected chi connectivity index (χ0v) is 9.24. The lowest BCUT2D eigenvalue weighted by molar-refractivity contribution is 0.282. The number of aliphatic hydroxyl groups is 1. The van der Waals surface area contributed by atoms with Gasteiger partial charge in [0.25, 0.3) is 0 Å². The number of aromatic nitrogens is 2. The normalized spacial score (nSPS) is 10.9. The molecule has 2 aromatic heterocycles. The average Bonchev–Trinajstić information content (AvgIpc) is 2.87. The molecule has 0 saturated heterocycles. The van der Waals surface area contributed by atoms with Crippen molar-refractivity contribution in [2.45, 2.75) is 6.61 Å². The molecule has 3 rings (SSSR count). The van der Waals surface area contributed by atoms with Gasteiger partial charge in [-0.05, 0) is 23.3 Å². The minimum atomic E-state index is 0.0789. The molecule has 0 atom stereocenters. The summed E-state index contributed by atoms with van der Waals surface area (Å²) in [4.78, 5) is 4.14. The van der Waals surface area contributed by atoms with E-state index in [9.17, 15) is 0 Å². The Balaban J connectivity index is 2.16. The second kappa shape index (κ2) is 4.03. The third kappa shape index (κ3) is 1.70. The molecule has 2 heterocycles. The van der Waals surface area contributed by atoms with E-state index in [1.54, 1.807) is 0 Å². The largest absolute Gasteiger partial charge is 0.392 e. The van der Waals surface area contributed by atoms with Gasteiger partial charge in [-0.1, -0.05) is 30.3 Å². The molecule has 0 bridgehead atoms. The summed E-state index contributed by atoms with van der Waals surface area (Å²) in [6.07, 6.45) is 3.65. The van der Waals surface area contributed by atoms with Crippen molar-refractivity contribution in [2.24, 2.45) is 0 Å². The topological polar surface area (TPSA) is 37.5 Å². The number of nitrogens with zero attached hydrogens (tertiary/aromatic N) is 2. The summed E-state index contributed by atoms with van der Waals surface area (Å²) >= 11 is 0. The Morgan fingerprint density at radius 1 is 1.06 bits per heavy atom. The van der Waals surface area contributed by atoms with Gasteiger partial charge in [0, 0.05) is 0 Å². The standard InChI is InChI=1S/C14H12N2O/c17-9-11-4-6-12(7-5-11)14-3-1-2-13-8-15-10-16(13)14/h1-8,10,17H,9H2. The van der Waals surface area contributed by atoms with Crippen LogP contribution >= 0.6 is 0 Å². The van der Waals surface area contributed by atoms with Crippen molar-refractivity contribution < 1.29 is 5.11 Å². The van der Waals surface area contributed by atoms with E-state index < -0.39 is 0 Å². The van der Waals surface area contributed by atoms with Crippen molar-refractivity contribution in [3.8, 4) is 11.3 Å². The van der Waals surface area contributed by atoms with E-state index in [0.29, 0.717) is 0 Å². The monoisotopic (exact) mass is 224 g/mol. The molecule has 0 unspecified atom stereocenters. The van der Waals surface area contributed by atoms with E-state index in [0.717, 1.165) is 22.3 Å². The Bertz CT molecular complexity index is 641. The van der Waals surface area contributed by atoms with Crippen molar-refractivity contribution in [2.75, 3.05) is 0 Å². The van der Waals surface area contributed by atoms with Gasteiger partial charge in [-0.3, -0.25) is 4.40 Å². The molecule has 0 aliphatic rings. The van der Waals surface area contributed by atoms with E-state index in [2.05, 4.69) is 11.1 Å². The molecular formula is C14H12N2O. The zero-order chi connectivity index (χ0) is 11.7. The van der Waals surface area contributed by atoms with E-state index in [4.69, 9.17) is 5.11 Å². The second-order valence-corrected chi connectivity index (χ2v) is 3.95. The molecule has 1 aromatic carbocycles. The van der Waals surface area contributed by atoms with Gasteiger partial charge in [0.1, 0.15) is 0 Å². The number of benzene rings is 1. The molecule has 0 aliphatic heterocycles. The molecule has 1 N–H and O–H groups in total. The van der Waals surface area contributed by atoms with Gasteiger partial charge >= 0.3 is 0 Å². The highest BCUT2D eigenvalue weighted by molar-refractivity contribution is 5.64. The molecule has 84 valence electrons. The summed E-state index contributed by atoms with van der Waals surface area (Å²) in [5.74, 6) is 0. The van der Waals surface area contributed by atoms with E-state index in [-0.39, 0.29) is 6.61 Å². The van der Waals surface area contributed by atoms with Crippen LogP contribution in [0.4, 0.5) is 0 Å². The maximum absolute atomic E-state index is 9.02. The van der Waals surface area contributed by atoms with Crippen LogP contribution in [0.5, 0.6) is 0 Å². The van der Waals surface area contributed by atoms with Gasteiger partial charge in [0.15, 0.2) is 0 Å². The van der Waals surface area contributed by atoms with Crippen LogP contribution in [0, 0.1) is 0 Å². The Kier molecular flexibility index (Phi) is 2.38. The molecular weight excluding hydrogens is 212 g/mol. The minimum absolute atomic E-state index is 0.0789. The van der Waals surface area contributed by atoms with E-state index in [1.807, 2.05) is 53.3 Å². The van der Waals surface area contributed by atoms with Gasteiger partial charge < -0.3 is 5.11 Å². The van der Waals surface area contributed by atoms with Crippen molar-refractivity contribution >= 4 is 5.52 Å². The number of imidazole rings is 1. The molecule has 3 heteroatoms. The average molecular weight is 224 g/mol. The lowest BCUT2D eigenvalue weighted by Gasteiger charge is -2.06. The Labute approximate surface area is 99.0 Å². The highest BCUT2D eigenvalue weighted by atomic mass is 16.3. The molecule has 0 saturated carbocycles. The fourth-order valence-electron chi connectivity index (χ4n) is 1.96. The van der Waals surface area contributed by atoms with Crippen LogP contribution in [0.1, 0.15) is 5.56 Å². The van der Waals surface area contributed by atoms with Gasteiger partial charge in [-0.2, -0.15) is 0 Å². The van der Waals surface area contributed by atoms with Crippen LogP contribution in [0.2, 0.25) is 0 Å². The highest BCUT2D eigenvalue weighted by Gasteiger charge is 2.02. The number of fused-ring (bicyclic) bond motifs is 1. The number of pyridine rings is 1. The lowest BCUT2D eigenvalue weighted by Crippen LogP contribution is -1.90. The Morgan fingerprint density at radius 2 is 1.88 bits per heavy atom. The molecule has 0 amide bonds. The SMILES string of the molecule is OCc1ccc(-c2cccc3cncn23)cc1. The quantitative estimate of drug-likeness (QED) is 0.726. The molecule has 3 aromatic rings. The summed E-state index contributed by atoms with van der Waals surface area (Å²) in [5, 5.41) is 9.02. The van der Waals surface area contributed by atoms with Crippen LogP contribution < -0.4 is 0 Å². The van der Waals surface area contributed by atoms with Crippen molar-refractivity contribution in [1.29, 1.82) is 0 Å².